The second-order valence-electron chi connectivity index (χ2n) is 1.28. The Morgan fingerprint density at radius 3 is 2.71 bits per heavy atom. The molecule has 0 saturated heterocycles. The topological polar surface area (TPSA) is 13.1 Å². The molecule has 1 heterocycles. The van der Waals surface area contributed by atoms with E-state index in [-0.39, 0.29) is 0 Å². The number of hydrogen-bond acceptors (Lipinski definition) is 1. The average molecular weight is 116 g/mol. The minimum Gasteiger partial charge on any atom is -0.452 e. The SMILES string of the molecule is Cc1[c]coc1Cl. The maximum atomic E-state index is 5.43. The lowest BCUT2D eigenvalue weighted by molar-refractivity contribution is 0.567. The number of rotatable bonds is 0. The van der Waals surface area contributed by atoms with Gasteiger partial charge < -0.3 is 4.42 Å². The van der Waals surface area contributed by atoms with Crippen LogP contribution < -0.4 is 0 Å². The maximum absolute atomic E-state index is 5.43. The number of furan rings is 1. The molecule has 0 fully saturated rings. The van der Waals surface area contributed by atoms with Gasteiger partial charge in [0.2, 0.25) is 0 Å². The summed E-state index contributed by atoms with van der Waals surface area (Å²) in [5.41, 5.74) is 0.863. The maximum Gasteiger partial charge on any atom is 0.196 e. The van der Waals surface area contributed by atoms with Crippen LogP contribution >= 0.6 is 11.6 Å². The highest BCUT2D eigenvalue weighted by Gasteiger charge is 1.92. The van der Waals surface area contributed by atoms with Gasteiger partial charge in [0.15, 0.2) is 5.22 Å². The van der Waals surface area contributed by atoms with E-state index in [2.05, 4.69) is 10.5 Å². The molecule has 0 atom stereocenters. The molecule has 0 bridgehead atoms. The summed E-state index contributed by atoms with van der Waals surface area (Å²) in [4.78, 5) is 0. The summed E-state index contributed by atoms with van der Waals surface area (Å²) >= 11 is 5.43. The Labute approximate surface area is 46.9 Å². The molecule has 7 heavy (non-hydrogen) atoms. The first-order valence-electron chi connectivity index (χ1n) is 1.92. The summed E-state index contributed by atoms with van der Waals surface area (Å²) in [5.74, 6) is 0. The van der Waals surface area contributed by atoms with Crippen molar-refractivity contribution in [1.29, 1.82) is 0 Å². The average Bonchev–Trinajstić information content (AvgIpc) is 1.91. The summed E-state index contributed by atoms with van der Waals surface area (Å²) < 4.78 is 4.67. The molecular weight excluding hydrogens is 112 g/mol. The molecule has 1 aromatic heterocycles. The first-order chi connectivity index (χ1) is 3.30. The zero-order valence-electron chi connectivity index (χ0n) is 3.86. The van der Waals surface area contributed by atoms with Crippen molar-refractivity contribution in [3.8, 4) is 0 Å². The van der Waals surface area contributed by atoms with E-state index >= 15 is 0 Å². The number of halogens is 1. The van der Waals surface area contributed by atoms with Crippen LogP contribution in [0.25, 0.3) is 0 Å². The highest BCUT2D eigenvalue weighted by atomic mass is 35.5. The second-order valence-corrected chi connectivity index (χ2v) is 1.62. The predicted molar refractivity (Wildman–Crippen MR) is 27.3 cm³/mol. The van der Waals surface area contributed by atoms with Gasteiger partial charge in [0, 0.05) is 11.6 Å². The molecule has 0 N–H and O–H groups in total. The van der Waals surface area contributed by atoms with Gasteiger partial charge in [0.25, 0.3) is 0 Å². The lowest BCUT2D eigenvalue weighted by Crippen LogP contribution is -1.56. The highest BCUT2D eigenvalue weighted by molar-refractivity contribution is 6.29. The van der Waals surface area contributed by atoms with Crippen molar-refractivity contribution in [2.75, 3.05) is 0 Å². The van der Waals surface area contributed by atoms with E-state index in [1.165, 1.54) is 6.26 Å². The van der Waals surface area contributed by atoms with Crippen molar-refractivity contribution in [3.05, 3.63) is 23.1 Å². The highest BCUT2D eigenvalue weighted by Crippen LogP contribution is 2.12. The number of aryl methyl sites for hydroxylation is 1. The summed E-state index contributed by atoms with van der Waals surface area (Å²) in [6.07, 6.45) is 1.44. The molecule has 0 aliphatic carbocycles. The van der Waals surface area contributed by atoms with Crippen molar-refractivity contribution in [2.45, 2.75) is 6.92 Å². The van der Waals surface area contributed by atoms with Crippen LogP contribution in [0.2, 0.25) is 5.22 Å². The zero-order valence-corrected chi connectivity index (χ0v) is 4.62. The van der Waals surface area contributed by atoms with E-state index in [0.717, 1.165) is 5.56 Å². The zero-order chi connectivity index (χ0) is 5.28. The Morgan fingerprint density at radius 2 is 2.57 bits per heavy atom. The van der Waals surface area contributed by atoms with Crippen LogP contribution in [0, 0.1) is 13.0 Å². The Bertz CT molecular complexity index is 140. The van der Waals surface area contributed by atoms with Crippen LogP contribution in [0.3, 0.4) is 0 Å². The molecule has 1 rings (SSSR count). The van der Waals surface area contributed by atoms with Crippen LogP contribution in [0.15, 0.2) is 10.7 Å². The van der Waals surface area contributed by atoms with Crippen molar-refractivity contribution in [3.63, 3.8) is 0 Å². The molecule has 2 heteroatoms. The van der Waals surface area contributed by atoms with Crippen molar-refractivity contribution in [1.82, 2.24) is 0 Å². The van der Waals surface area contributed by atoms with E-state index in [1.54, 1.807) is 0 Å². The fourth-order valence-electron chi connectivity index (χ4n) is 0.315. The van der Waals surface area contributed by atoms with E-state index < -0.39 is 0 Å². The van der Waals surface area contributed by atoms with Crippen molar-refractivity contribution < 1.29 is 4.42 Å². The third-order valence-electron chi connectivity index (χ3n) is 0.733. The van der Waals surface area contributed by atoms with Crippen LogP contribution in [0.1, 0.15) is 5.56 Å². The van der Waals surface area contributed by atoms with Gasteiger partial charge in [-0.3, -0.25) is 0 Å². The van der Waals surface area contributed by atoms with E-state index in [4.69, 9.17) is 11.6 Å². The molecule has 1 nitrogen and oxygen atoms in total. The van der Waals surface area contributed by atoms with Gasteiger partial charge in [-0.1, -0.05) is 0 Å². The molecule has 0 unspecified atom stereocenters. The molecule has 0 aliphatic heterocycles. The van der Waals surface area contributed by atoms with E-state index in [1.807, 2.05) is 6.92 Å². The van der Waals surface area contributed by atoms with Gasteiger partial charge >= 0.3 is 0 Å². The Kier molecular flexibility index (Phi) is 1.07. The Balaban J connectivity index is 3.12. The lowest BCUT2D eigenvalue weighted by atomic mass is 10.4. The summed E-state index contributed by atoms with van der Waals surface area (Å²) in [5, 5.41) is 0.431. The molecule has 1 radical (unpaired) electrons. The second kappa shape index (κ2) is 1.58. The monoisotopic (exact) mass is 115 g/mol. The minimum absolute atomic E-state index is 0.431. The third-order valence-corrected chi connectivity index (χ3v) is 1.11. The van der Waals surface area contributed by atoms with Crippen molar-refractivity contribution in [2.24, 2.45) is 0 Å². The van der Waals surface area contributed by atoms with Gasteiger partial charge in [0.1, 0.15) is 6.26 Å². The third kappa shape index (κ3) is 0.775. The van der Waals surface area contributed by atoms with Gasteiger partial charge in [-0.2, -0.15) is 0 Å². The van der Waals surface area contributed by atoms with Crippen molar-refractivity contribution >= 4 is 11.6 Å². The fraction of sp³-hybridized carbons (Fsp3) is 0.200. The molecule has 0 aromatic carbocycles. The van der Waals surface area contributed by atoms with Gasteiger partial charge in [-0.05, 0) is 18.5 Å². The summed E-state index contributed by atoms with van der Waals surface area (Å²) in [6, 6.07) is 2.77. The summed E-state index contributed by atoms with van der Waals surface area (Å²) in [7, 11) is 0. The van der Waals surface area contributed by atoms with Gasteiger partial charge in [-0.15, -0.1) is 0 Å². The molecule has 0 aliphatic rings. The Morgan fingerprint density at radius 1 is 1.86 bits per heavy atom. The molecule has 37 valence electrons. The minimum atomic E-state index is 0.431. The summed E-state index contributed by atoms with van der Waals surface area (Å²) in [6.45, 7) is 1.84. The van der Waals surface area contributed by atoms with Gasteiger partial charge in [-0.25, -0.2) is 0 Å². The molecule has 0 amide bonds. The Hall–Kier alpha value is -0.430. The quantitative estimate of drug-likeness (QED) is 0.504. The number of hydrogen-bond donors (Lipinski definition) is 0. The van der Waals surface area contributed by atoms with Crippen LogP contribution in [0.4, 0.5) is 0 Å². The van der Waals surface area contributed by atoms with E-state index in [0.29, 0.717) is 5.22 Å². The predicted octanol–water partition coefficient (Wildman–Crippen LogP) is 2.04. The van der Waals surface area contributed by atoms with E-state index in [9.17, 15) is 0 Å². The fourth-order valence-corrected chi connectivity index (χ4v) is 0.414. The standard InChI is InChI=1S/C5H4ClO/c1-4-2-3-7-5(4)6/h3H,1H3. The first kappa shape index (κ1) is 4.72. The van der Waals surface area contributed by atoms with Gasteiger partial charge in [0.05, 0.1) is 0 Å². The smallest absolute Gasteiger partial charge is 0.196 e. The largest absolute Gasteiger partial charge is 0.452 e. The molecular formula is C5H4ClO. The van der Waals surface area contributed by atoms with Crippen LogP contribution in [-0.2, 0) is 0 Å². The van der Waals surface area contributed by atoms with Crippen LogP contribution in [-0.4, -0.2) is 0 Å². The molecule has 0 spiro atoms. The molecule has 1 aromatic rings. The normalized spacial score (nSPS) is 9.43. The van der Waals surface area contributed by atoms with Crippen LogP contribution in [0.5, 0.6) is 0 Å². The lowest BCUT2D eigenvalue weighted by Gasteiger charge is -1.75. The first-order valence-corrected chi connectivity index (χ1v) is 2.30. The molecule has 0 saturated carbocycles.